The quantitative estimate of drug-likeness (QED) is 0.677. The van der Waals surface area contributed by atoms with Gasteiger partial charge in [-0.15, -0.1) is 4.28 Å². The molecule has 22 heavy (non-hydrogen) atoms. The Morgan fingerprint density at radius 3 is 2.45 bits per heavy atom. The number of halogens is 1. The number of nitrogens with zero attached hydrogens (tertiary/aromatic N) is 1. The number of rotatable bonds is 5. The lowest BCUT2D eigenvalue weighted by atomic mass is 9.88. The van der Waals surface area contributed by atoms with Gasteiger partial charge in [-0.05, 0) is 48.2 Å². The molecule has 2 aromatic rings. The van der Waals surface area contributed by atoms with E-state index >= 15 is 0 Å². The van der Waals surface area contributed by atoms with Crippen molar-refractivity contribution < 1.29 is 17.4 Å². The zero-order chi connectivity index (χ0) is 15.7. The lowest BCUT2D eigenvalue weighted by Crippen LogP contribution is -2.19. The van der Waals surface area contributed by atoms with E-state index in [-0.39, 0.29) is 11.2 Å². The van der Waals surface area contributed by atoms with E-state index in [9.17, 15) is 8.60 Å². The van der Waals surface area contributed by atoms with Crippen molar-refractivity contribution in [2.45, 2.75) is 18.3 Å². The van der Waals surface area contributed by atoms with Gasteiger partial charge in [0.25, 0.3) is 0 Å². The Morgan fingerprint density at radius 2 is 1.86 bits per heavy atom. The van der Waals surface area contributed by atoms with Gasteiger partial charge in [-0.3, -0.25) is 4.55 Å². The summed E-state index contributed by atoms with van der Waals surface area (Å²) in [6.45, 7) is 0. The van der Waals surface area contributed by atoms with E-state index in [1.165, 1.54) is 17.2 Å². The van der Waals surface area contributed by atoms with E-state index in [4.69, 9.17) is 8.84 Å². The van der Waals surface area contributed by atoms with Gasteiger partial charge in [0.1, 0.15) is 5.82 Å². The highest BCUT2D eigenvalue weighted by atomic mass is 32.2. The summed E-state index contributed by atoms with van der Waals surface area (Å²) >= 11 is -2.36. The molecule has 1 aliphatic rings. The molecular weight excluding hydrogens is 305 g/mol. The lowest BCUT2D eigenvalue weighted by molar-refractivity contribution is 0.295. The van der Waals surface area contributed by atoms with Crippen LogP contribution in [0.4, 0.5) is 10.1 Å². The molecule has 0 radical (unpaired) electrons. The summed E-state index contributed by atoms with van der Waals surface area (Å²) in [6, 6.07) is 14.2. The summed E-state index contributed by atoms with van der Waals surface area (Å²) in [7, 11) is 1.57. The monoisotopic (exact) mass is 321 g/mol. The van der Waals surface area contributed by atoms with Crippen molar-refractivity contribution in [1.82, 2.24) is 0 Å². The zero-order valence-electron chi connectivity index (χ0n) is 12.0. The number of hydroxylamine groups is 1. The highest BCUT2D eigenvalue weighted by Crippen LogP contribution is 2.53. The lowest BCUT2D eigenvalue weighted by Gasteiger charge is -2.20. The van der Waals surface area contributed by atoms with Crippen LogP contribution >= 0.6 is 0 Å². The molecule has 1 unspecified atom stereocenters. The SMILES string of the molecule is CN(OS(=O)O)c1cccc(C2(c3ccc(F)cc3)CC2)c1. The number of anilines is 1. The van der Waals surface area contributed by atoms with Crippen molar-refractivity contribution >= 4 is 17.0 Å². The van der Waals surface area contributed by atoms with Crippen molar-refractivity contribution in [3.63, 3.8) is 0 Å². The smallest absolute Gasteiger partial charge is 0.282 e. The summed E-state index contributed by atoms with van der Waals surface area (Å²) in [5, 5.41) is 1.26. The van der Waals surface area contributed by atoms with Crippen LogP contribution < -0.4 is 5.06 Å². The molecule has 0 heterocycles. The maximum absolute atomic E-state index is 13.1. The minimum atomic E-state index is -2.36. The Bertz CT molecular complexity index is 701. The Labute approximate surface area is 131 Å². The van der Waals surface area contributed by atoms with Crippen molar-refractivity contribution in [1.29, 1.82) is 0 Å². The first-order chi connectivity index (χ1) is 10.5. The van der Waals surface area contributed by atoms with Gasteiger partial charge >= 0.3 is 11.4 Å². The van der Waals surface area contributed by atoms with Gasteiger partial charge in [0, 0.05) is 12.5 Å². The van der Waals surface area contributed by atoms with Crippen LogP contribution in [-0.2, 0) is 21.1 Å². The third kappa shape index (κ3) is 2.90. The summed E-state index contributed by atoms with van der Waals surface area (Å²) in [6.07, 6.45) is 2.00. The second-order valence-corrected chi connectivity index (χ2v) is 6.01. The Morgan fingerprint density at radius 1 is 1.18 bits per heavy atom. The first-order valence-corrected chi connectivity index (χ1v) is 7.94. The molecule has 116 valence electrons. The Balaban J connectivity index is 1.92. The second kappa shape index (κ2) is 5.79. The van der Waals surface area contributed by atoms with Crippen molar-refractivity contribution in [2.24, 2.45) is 0 Å². The van der Waals surface area contributed by atoms with Crippen LogP contribution in [0.15, 0.2) is 48.5 Å². The molecule has 0 aliphatic heterocycles. The van der Waals surface area contributed by atoms with Crippen molar-refractivity contribution in [3.8, 4) is 0 Å². The molecule has 2 aromatic carbocycles. The van der Waals surface area contributed by atoms with E-state index in [0.717, 1.165) is 24.0 Å². The Hall–Kier alpha value is -1.76. The minimum Gasteiger partial charge on any atom is -0.282 e. The fourth-order valence-electron chi connectivity index (χ4n) is 2.78. The largest absolute Gasteiger partial charge is 0.325 e. The van der Waals surface area contributed by atoms with Gasteiger partial charge in [-0.25, -0.2) is 9.45 Å². The summed E-state index contributed by atoms with van der Waals surface area (Å²) in [5.74, 6) is -0.244. The molecule has 1 atom stereocenters. The number of hydrogen-bond acceptors (Lipinski definition) is 3. The summed E-state index contributed by atoms with van der Waals surface area (Å²) < 4.78 is 37.4. The second-order valence-electron chi connectivity index (χ2n) is 5.43. The molecule has 1 fully saturated rings. The van der Waals surface area contributed by atoms with Crippen LogP contribution in [0.5, 0.6) is 0 Å². The molecule has 3 rings (SSSR count). The zero-order valence-corrected chi connectivity index (χ0v) is 12.8. The average molecular weight is 321 g/mol. The third-order valence-corrected chi connectivity index (χ3v) is 4.44. The van der Waals surface area contributed by atoms with E-state index in [1.807, 2.05) is 30.3 Å². The fraction of sp³-hybridized carbons (Fsp3) is 0.250. The highest BCUT2D eigenvalue weighted by molar-refractivity contribution is 7.74. The molecule has 0 saturated heterocycles. The van der Waals surface area contributed by atoms with Gasteiger partial charge in [0.2, 0.25) is 0 Å². The molecule has 4 nitrogen and oxygen atoms in total. The first-order valence-electron chi connectivity index (χ1n) is 6.91. The van der Waals surface area contributed by atoms with Gasteiger partial charge in [0.15, 0.2) is 0 Å². The maximum atomic E-state index is 13.1. The maximum Gasteiger partial charge on any atom is 0.325 e. The van der Waals surface area contributed by atoms with Gasteiger partial charge < -0.3 is 0 Å². The molecule has 1 aliphatic carbocycles. The van der Waals surface area contributed by atoms with Gasteiger partial charge in [-0.2, -0.15) is 4.21 Å². The predicted octanol–water partition coefficient (Wildman–Crippen LogP) is 3.41. The van der Waals surface area contributed by atoms with E-state index in [1.54, 1.807) is 13.1 Å². The van der Waals surface area contributed by atoms with E-state index < -0.39 is 11.4 Å². The predicted molar refractivity (Wildman–Crippen MR) is 83.1 cm³/mol. The first kappa shape index (κ1) is 15.1. The normalized spacial score (nSPS) is 17.0. The molecule has 6 heteroatoms. The standard InChI is InChI=1S/C16H16FNO3S/c1-18(21-22(19)20)15-4-2-3-13(11-15)16(9-10-16)12-5-7-14(17)8-6-12/h2-8,11H,9-10H2,1H3,(H,19,20). The van der Waals surface area contributed by atoms with Crippen LogP contribution in [-0.4, -0.2) is 15.8 Å². The highest BCUT2D eigenvalue weighted by Gasteiger charge is 2.45. The molecule has 0 bridgehead atoms. The molecular formula is C16H16FNO3S. The average Bonchev–Trinajstić information content (AvgIpc) is 3.29. The van der Waals surface area contributed by atoms with Crippen LogP contribution in [0.2, 0.25) is 0 Å². The molecule has 0 aromatic heterocycles. The number of benzene rings is 2. The summed E-state index contributed by atoms with van der Waals surface area (Å²) in [4.78, 5) is 0. The van der Waals surface area contributed by atoms with Crippen molar-refractivity contribution in [2.75, 3.05) is 12.1 Å². The molecule has 0 amide bonds. The van der Waals surface area contributed by atoms with Gasteiger partial charge in [0.05, 0.1) is 5.69 Å². The molecule has 1 saturated carbocycles. The van der Waals surface area contributed by atoms with Crippen LogP contribution in [0.1, 0.15) is 24.0 Å². The van der Waals surface area contributed by atoms with Gasteiger partial charge in [-0.1, -0.05) is 24.3 Å². The molecule has 0 spiro atoms. The van der Waals surface area contributed by atoms with E-state index in [2.05, 4.69) is 0 Å². The van der Waals surface area contributed by atoms with Crippen LogP contribution in [0.25, 0.3) is 0 Å². The summed E-state index contributed by atoms with van der Waals surface area (Å²) in [5.41, 5.74) is 2.77. The molecule has 1 N–H and O–H groups in total. The van der Waals surface area contributed by atoms with Crippen LogP contribution in [0, 0.1) is 5.82 Å². The topological polar surface area (TPSA) is 49.8 Å². The Kier molecular flexibility index (Phi) is 3.99. The number of hydrogen-bond donors (Lipinski definition) is 1. The fourth-order valence-corrected chi connectivity index (χ4v) is 3.05. The van der Waals surface area contributed by atoms with Crippen LogP contribution in [0.3, 0.4) is 0 Å². The van der Waals surface area contributed by atoms with E-state index in [0.29, 0.717) is 5.69 Å². The third-order valence-electron chi connectivity index (χ3n) is 4.08. The van der Waals surface area contributed by atoms with Crippen molar-refractivity contribution in [3.05, 3.63) is 65.5 Å². The minimum absolute atomic E-state index is 0.0943.